The lowest BCUT2D eigenvalue weighted by Crippen LogP contribution is -2.11. The molecule has 19 heavy (non-hydrogen) atoms. The van der Waals surface area contributed by atoms with E-state index in [-0.39, 0.29) is 17.5 Å². The summed E-state index contributed by atoms with van der Waals surface area (Å²) in [4.78, 5) is 18.9. The van der Waals surface area contributed by atoms with Gasteiger partial charge in [-0.05, 0) is 31.5 Å². The first-order chi connectivity index (χ1) is 9.08. The number of hydrogen-bond acceptors (Lipinski definition) is 5. The van der Waals surface area contributed by atoms with E-state index in [1.54, 1.807) is 19.3 Å². The zero-order chi connectivity index (χ0) is 13.8. The van der Waals surface area contributed by atoms with E-state index in [9.17, 15) is 10.1 Å². The summed E-state index contributed by atoms with van der Waals surface area (Å²) in [5.74, 6) is 0.258. The molecule has 0 radical (unpaired) electrons. The fourth-order valence-electron chi connectivity index (χ4n) is 1.72. The van der Waals surface area contributed by atoms with Crippen LogP contribution in [0.25, 0.3) is 0 Å². The molecule has 0 aliphatic rings. The van der Waals surface area contributed by atoms with Gasteiger partial charge in [0.15, 0.2) is 0 Å². The van der Waals surface area contributed by atoms with Gasteiger partial charge in [0.1, 0.15) is 0 Å². The molecule has 0 aliphatic carbocycles. The molecule has 0 aromatic carbocycles. The zero-order valence-corrected chi connectivity index (χ0v) is 10.7. The molecule has 0 spiro atoms. The first-order valence-electron chi connectivity index (χ1n) is 5.86. The molecule has 0 bridgehead atoms. The van der Waals surface area contributed by atoms with Crippen molar-refractivity contribution in [1.29, 1.82) is 0 Å². The van der Waals surface area contributed by atoms with E-state index < -0.39 is 4.92 Å². The van der Waals surface area contributed by atoms with Crippen molar-refractivity contribution in [2.45, 2.75) is 19.9 Å². The Bertz CT molecular complexity index is 586. The van der Waals surface area contributed by atoms with Crippen molar-refractivity contribution >= 4 is 11.5 Å². The summed E-state index contributed by atoms with van der Waals surface area (Å²) in [7, 11) is 0. The maximum Gasteiger partial charge on any atom is 0.311 e. The molecular weight excluding hydrogens is 244 g/mol. The van der Waals surface area contributed by atoms with Crippen LogP contribution in [0.1, 0.15) is 24.2 Å². The molecule has 0 saturated heterocycles. The Labute approximate surface area is 110 Å². The third-order valence-corrected chi connectivity index (χ3v) is 2.69. The van der Waals surface area contributed by atoms with E-state index in [2.05, 4.69) is 15.3 Å². The molecule has 1 atom stereocenters. The normalized spacial score (nSPS) is 11.9. The van der Waals surface area contributed by atoms with E-state index >= 15 is 0 Å². The number of nitrogens with one attached hydrogen (secondary N) is 1. The summed E-state index contributed by atoms with van der Waals surface area (Å²) in [5.41, 5.74) is 1.53. The van der Waals surface area contributed by atoms with Crippen molar-refractivity contribution in [2.24, 2.45) is 0 Å². The number of rotatable bonds is 4. The molecule has 0 amide bonds. The summed E-state index contributed by atoms with van der Waals surface area (Å²) in [6.07, 6.45) is 3.28. The highest BCUT2D eigenvalue weighted by atomic mass is 16.6. The maximum atomic E-state index is 11.0. The predicted octanol–water partition coefficient (Wildman–Crippen LogP) is 2.87. The number of aromatic nitrogens is 2. The van der Waals surface area contributed by atoms with Crippen molar-refractivity contribution < 1.29 is 4.92 Å². The Morgan fingerprint density at radius 2 is 2.16 bits per heavy atom. The SMILES string of the molecule is Cc1cnc(NC(C)c2ccccn2)c([N+](=O)[O-])c1. The molecule has 2 heterocycles. The average molecular weight is 258 g/mol. The van der Waals surface area contributed by atoms with Crippen LogP contribution in [0.3, 0.4) is 0 Å². The molecule has 6 heteroatoms. The van der Waals surface area contributed by atoms with E-state index in [0.717, 1.165) is 11.3 Å². The Hall–Kier alpha value is -2.50. The Morgan fingerprint density at radius 3 is 2.79 bits per heavy atom. The highest BCUT2D eigenvalue weighted by Crippen LogP contribution is 2.25. The van der Waals surface area contributed by atoms with Gasteiger partial charge >= 0.3 is 5.69 Å². The molecule has 2 aromatic rings. The molecule has 6 nitrogen and oxygen atoms in total. The summed E-state index contributed by atoms with van der Waals surface area (Å²) in [5, 5.41) is 14.0. The van der Waals surface area contributed by atoms with E-state index in [0.29, 0.717) is 0 Å². The quantitative estimate of drug-likeness (QED) is 0.673. The van der Waals surface area contributed by atoms with Crippen LogP contribution < -0.4 is 5.32 Å². The maximum absolute atomic E-state index is 11.0. The van der Waals surface area contributed by atoms with Gasteiger partial charge in [-0.3, -0.25) is 15.1 Å². The molecular formula is C13H14N4O2. The Morgan fingerprint density at radius 1 is 1.37 bits per heavy atom. The van der Waals surface area contributed by atoms with Gasteiger partial charge in [-0.1, -0.05) is 6.07 Å². The lowest BCUT2D eigenvalue weighted by Gasteiger charge is -2.13. The fraction of sp³-hybridized carbons (Fsp3) is 0.231. The summed E-state index contributed by atoms with van der Waals surface area (Å²) in [6, 6.07) is 6.90. The van der Waals surface area contributed by atoms with Gasteiger partial charge in [0.2, 0.25) is 5.82 Å². The molecule has 2 aromatic heterocycles. The zero-order valence-electron chi connectivity index (χ0n) is 10.7. The number of nitrogens with zero attached hydrogens (tertiary/aromatic N) is 3. The second-order valence-electron chi connectivity index (χ2n) is 4.26. The molecule has 1 N–H and O–H groups in total. The van der Waals surface area contributed by atoms with Gasteiger partial charge in [-0.15, -0.1) is 0 Å². The summed E-state index contributed by atoms with van der Waals surface area (Å²) >= 11 is 0. The third kappa shape index (κ3) is 3.04. The van der Waals surface area contributed by atoms with Gasteiger partial charge in [-0.25, -0.2) is 4.98 Å². The minimum Gasteiger partial charge on any atom is -0.356 e. The van der Waals surface area contributed by atoms with Crippen molar-refractivity contribution in [1.82, 2.24) is 9.97 Å². The third-order valence-electron chi connectivity index (χ3n) is 2.69. The second-order valence-corrected chi connectivity index (χ2v) is 4.26. The van der Waals surface area contributed by atoms with Crippen LogP contribution in [0, 0.1) is 17.0 Å². The highest BCUT2D eigenvalue weighted by molar-refractivity contribution is 5.57. The minimum absolute atomic E-state index is 0.0252. The standard InChI is InChI=1S/C13H14N4O2/c1-9-7-12(17(18)19)13(15-8-9)16-10(2)11-5-3-4-6-14-11/h3-8,10H,1-2H3,(H,15,16). The molecule has 2 rings (SSSR count). The largest absolute Gasteiger partial charge is 0.356 e. The number of aryl methyl sites for hydroxylation is 1. The van der Waals surface area contributed by atoms with E-state index in [1.807, 2.05) is 25.1 Å². The number of pyridine rings is 2. The summed E-state index contributed by atoms with van der Waals surface area (Å²) < 4.78 is 0. The van der Waals surface area contributed by atoms with Crippen LogP contribution in [0.2, 0.25) is 0 Å². The topological polar surface area (TPSA) is 81.0 Å². The molecule has 1 unspecified atom stereocenters. The monoisotopic (exact) mass is 258 g/mol. The molecule has 0 saturated carbocycles. The fourth-order valence-corrected chi connectivity index (χ4v) is 1.72. The predicted molar refractivity (Wildman–Crippen MR) is 71.9 cm³/mol. The van der Waals surface area contributed by atoms with Crippen LogP contribution in [0.4, 0.5) is 11.5 Å². The Kier molecular flexibility index (Phi) is 3.70. The Balaban J connectivity index is 2.26. The smallest absolute Gasteiger partial charge is 0.311 e. The second kappa shape index (κ2) is 5.43. The lowest BCUT2D eigenvalue weighted by atomic mass is 10.2. The van der Waals surface area contributed by atoms with E-state index in [4.69, 9.17) is 0 Å². The van der Waals surface area contributed by atoms with Crippen molar-refractivity contribution in [3.05, 3.63) is 58.0 Å². The van der Waals surface area contributed by atoms with Crippen molar-refractivity contribution in [2.75, 3.05) is 5.32 Å². The number of nitro groups is 1. The van der Waals surface area contributed by atoms with Gasteiger partial charge in [0.05, 0.1) is 16.7 Å². The average Bonchev–Trinajstić information content (AvgIpc) is 2.41. The van der Waals surface area contributed by atoms with Crippen LogP contribution in [-0.2, 0) is 0 Å². The van der Waals surface area contributed by atoms with Crippen LogP contribution in [-0.4, -0.2) is 14.9 Å². The molecule has 0 fully saturated rings. The first-order valence-corrected chi connectivity index (χ1v) is 5.86. The van der Waals surface area contributed by atoms with Crippen LogP contribution >= 0.6 is 0 Å². The van der Waals surface area contributed by atoms with Gasteiger partial charge in [0, 0.05) is 18.5 Å². The van der Waals surface area contributed by atoms with Gasteiger partial charge in [-0.2, -0.15) is 0 Å². The van der Waals surface area contributed by atoms with Crippen LogP contribution in [0.5, 0.6) is 0 Å². The van der Waals surface area contributed by atoms with Gasteiger partial charge < -0.3 is 5.32 Å². The van der Waals surface area contributed by atoms with Crippen molar-refractivity contribution in [3.8, 4) is 0 Å². The highest BCUT2D eigenvalue weighted by Gasteiger charge is 2.18. The summed E-state index contributed by atoms with van der Waals surface area (Å²) in [6.45, 7) is 3.65. The van der Waals surface area contributed by atoms with E-state index in [1.165, 1.54) is 6.07 Å². The lowest BCUT2D eigenvalue weighted by molar-refractivity contribution is -0.384. The molecule has 98 valence electrons. The van der Waals surface area contributed by atoms with Crippen molar-refractivity contribution in [3.63, 3.8) is 0 Å². The van der Waals surface area contributed by atoms with Crippen LogP contribution in [0.15, 0.2) is 36.7 Å². The first kappa shape index (κ1) is 12.9. The number of hydrogen-bond donors (Lipinski definition) is 1. The van der Waals surface area contributed by atoms with Gasteiger partial charge in [0.25, 0.3) is 0 Å². The minimum atomic E-state index is -0.437. The number of anilines is 1. The molecule has 0 aliphatic heterocycles.